The molecule has 3 rings (SSSR count). The van der Waals surface area contributed by atoms with Gasteiger partial charge in [-0.15, -0.1) is 0 Å². The third-order valence-corrected chi connectivity index (χ3v) is 4.55. The fourth-order valence-electron chi connectivity index (χ4n) is 3.08. The highest BCUT2D eigenvalue weighted by Gasteiger charge is 2.30. The van der Waals surface area contributed by atoms with Crippen molar-refractivity contribution in [2.75, 3.05) is 11.4 Å². The van der Waals surface area contributed by atoms with Crippen LogP contribution in [0.1, 0.15) is 30.0 Å². The van der Waals surface area contributed by atoms with Crippen LogP contribution in [0.4, 0.5) is 10.1 Å². The molecule has 1 aliphatic rings. The number of hydrogen-bond donors (Lipinski definition) is 2. The van der Waals surface area contributed by atoms with Crippen LogP contribution < -0.4 is 10.2 Å². The minimum Gasteiger partial charge on any atom is -0.507 e. The summed E-state index contributed by atoms with van der Waals surface area (Å²) in [5.41, 5.74) is 2.07. The average Bonchev–Trinajstić information content (AvgIpc) is 2.75. The number of carbonyl (C=O) groups is 2. The highest BCUT2D eigenvalue weighted by Crippen LogP contribution is 2.34. The Balaban J connectivity index is 2.03. The van der Waals surface area contributed by atoms with Crippen LogP contribution in [-0.2, 0) is 16.1 Å². The molecular formula is C21H21FN2O3. The third-order valence-electron chi connectivity index (χ3n) is 4.55. The second-order valence-corrected chi connectivity index (χ2v) is 6.44. The van der Waals surface area contributed by atoms with Gasteiger partial charge in [0.25, 0.3) is 5.91 Å². The quantitative estimate of drug-likeness (QED) is 0.868. The van der Waals surface area contributed by atoms with Gasteiger partial charge in [-0.25, -0.2) is 4.39 Å². The van der Waals surface area contributed by atoms with Crippen LogP contribution in [0.5, 0.6) is 0 Å². The Hall–Kier alpha value is -3.15. The molecule has 2 amide bonds. The lowest BCUT2D eigenvalue weighted by atomic mass is 10.1. The summed E-state index contributed by atoms with van der Waals surface area (Å²) in [5.74, 6) is -1.36. The van der Waals surface area contributed by atoms with E-state index in [9.17, 15) is 19.1 Å². The maximum absolute atomic E-state index is 13.9. The zero-order chi connectivity index (χ0) is 19.6. The molecule has 2 aromatic carbocycles. The standard InChI is InChI=1S/C21H21FN2O3/c1-3-23-21(27)16-11-19(25)24(12-14-9-8-13(2)17(22)10-14)18-7-5-4-6-15(18)20(16)26/h4-10,26H,3,11-12H2,1-2H3,(H,23,27). The lowest BCUT2D eigenvalue weighted by molar-refractivity contribution is -0.121. The Morgan fingerprint density at radius 3 is 2.70 bits per heavy atom. The Morgan fingerprint density at radius 1 is 1.26 bits per heavy atom. The SMILES string of the molecule is CCNC(=O)C1=C(O)c2ccccc2N(Cc2ccc(C)c(F)c2)C(=O)C1. The van der Waals surface area contributed by atoms with E-state index >= 15 is 0 Å². The number of rotatable bonds is 4. The smallest absolute Gasteiger partial charge is 0.251 e. The first kappa shape index (κ1) is 18.6. The number of fused-ring (bicyclic) bond motifs is 1. The molecule has 0 fully saturated rings. The number of aliphatic hydroxyl groups is 1. The van der Waals surface area contributed by atoms with Crippen molar-refractivity contribution < 1.29 is 19.1 Å². The molecule has 0 aliphatic carbocycles. The van der Waals surface area contributed by atoms with Crippen molar-refractivity contribution in [1.29, 1.82) is 0 Å². The molecule has 0 spiro atoms. The molecule has 0 atom stereocenters. The maximum Gasteiger partial charge on any atom is 0.251 e. The Bertz CT molecular complexity index is 937. The van der Waals surface area contributed by atoms with Crippen LogP contribution in [0.25, 0.3) is 5.76 Å². The first-order valence-electron chi connectivity index (χ1n) is 8.77. The molecule has 0 bridgehead atoms. The predicted octanol–water partition coefficient (Wildman–Crippen LogP) is 3.48. The summed E-state index contributed by atoms with van der Waals surface area (Å²) in [7, 11) is 0. The summed E-state index contributed by atoms with van der Waals surface area (Å²) < 4.78 is 13.9. The van der Waals surface area contributed by atoms with Crippen LogP contribution >= 0.6 is 0 Å². The molecule has 0 saturated heterocycles. The van der Waals surface area contributed by atoms with Gasteiger partial charge in [-0.2, -0.15) is 0 Å². The topological polar surface area (TPSA) is 69.6 Å². The number of amides is 2. The summed E-state index contributed by atoms with van der Waals surface area (Å²) >= 11 is 0. The van der Waals surface area contributed by atoms with Gasteiger partial charge in [0.15, 0.2) is 0 Å². The van der Waals surface area contributed by atoms with Crippen molar-refractivity contribution in [2.24, 2.45) is 0 Å². The van der Waals surface area contributed by atoms with E-state index in [4.69, 9.17) is 0 Å². The molecule has 1 aliphatic heterocycles. The number of aliphatic hydroxyl groups excluding tert-OH is 1. The molecule has 0 aromatic heterocycles. The van der Waals surface area contributed by atoms with Crippen molar-refractivity contribution in [3.63, 3.8) is 0 Å². The third kappa shape index (κ3) is 3.69. The van der Waals surface area contributed by atoms with E-state index in [2.05, 4.69) is 5.32 Å². The normalized spacial score (nSPS) is 14.0. The van der Waals surface area contributed by atoms with E-state index in [1.165, 1.54) is 11.0 Å². The van der Waals surface area contributed by atoms with Crippen LogP contribution in [0.2, 0.25) is 0 Å². The summed E-state index contributed by atoms with van der Waals surface area (Å²) in [6.07, 6.45) is -0.235. The second kappa shape index (κ2) is 7.61. The average molecular weight is 368 g/mol. The lowest BCUT2D eigenvalue weighted by Gasteiger charge is -2.23. The van der Waals surface area contributed by atoms with E-state index in [1.54, 1.807) is 50.2 Å². The van der Waals surface area contributed by atoms with Gasteiger partial charge in [-0.1, -0.05) is 24.3 Å². The number of nitrogens with one attached hydrogen (secondary N) is 1. The second-order valence-electron chi connectivity index (χ2n) is 6.44. The Morgan fingerprint density at radius 2 is 2.00 bits per heavy atom. The number of likely N-dealkylation sites (N-methyl/N-ethyl adjacent to an activating group) is 1. The highest BCUT2D eigenvalue weighted by molar-refractivity contribution is 6.10. The molecule has 1 heterocycles. The fourth-order valence-corrected chi connectivity index (χ4v) is 3.08. The number of anilines is 1. The number of halogens is 1. The molecule has 0 unspecified atom stereocenters. The van der Waals surface area contributed by atoms with Crippen molar-refractivity contribution in [1.82, 2.24) is 5.32 Å². The van der Waals surface area contributed by atoms with Gasteiger partial charge in [-0.3, -0.25) is 9.59 Å². The summed E-state index contributed by atoms with van der Waals surface area (Å²) in [5, 5.41) is 13.3. The number of para-hydroxylation sites is 1. The zero-order valence-electron chi connectivity index (χ0n) is 15.3. The summed E-state index contributed by atoms with van der Waals surface area (Å²) in [6.45, 7) is 3.97. The van der Waals surface area contributed by atoms with Crippen LogP contribution in [0.3, 0.4) is 0 Å². The number of carbonyl (C=O) groups excluding carboxylic acids is 2. The fraction of sp³-hybridized carbons (Fsp3) is 0.238. The Labute approximate surface area is 157 Å². The van der Waals surface area contributed by atoms with Crippen LogP contribution in [0, 0.1) is 12.7 Å². The van der Waals surface area contributed by atoms with Gasteiger partial charge < -0.3 is 15.3 Å². The number of nitrogens with zero attached hydrogens (tertiary/aromatic N) is 1. The summed E-state index contributed by atoms with van der Waals surface area (Å²) in [4.78, 5) is 26.7. The number of aryl methyl sites for hydroxylation is 1. The first-order chi connectivity index (χ1) is 12.9. The van der Waals surface area contributed by atoms with Gasteiger partial charge in [-0.05, 0) is 43.2 Å². The van der Waals surface area contributed by atoms with Crippen molar-refractivity contribution >= 4 is 23.3 Å². The highest BCUT2D eigenvalue weighted by atomic mass is 19.1. The van der Waals surface area contributed by atoms with Crippen LogP contribution in [0.15, 0.2) is 48.0 Å². The van der Waals surface area contributed by atoms with Gasteiger partial charge >= 0.3 is 0 Å². The van der Waals surface area contributed by atoms with Crippen molar-refractivity contribution in [2.45, 2.75) is 26.8 Å². The Kier molecular flexibility index (Phi) is 5.26. The molecule has 0 radical (unpaired) electrons. The maximum atomic E-state index is 13.9. The molecule has 6 heteroatoms. The number of hydrogen-bond acceptors (Lipinski definition) is 3. The molecule has 140 valence electrons. The van der Waals surface area contributed by atoms with Gasteiger partial charge in [0, 0.05) is 12.1 Å². The molecule has 2 N–H and O–H groups in total. The van der Waals surface area contributed by atoms with Crippen LogP contribution in [-0.4, -0.2) is 23.5 Å². The minimum atomic E-state index is -0.471. The molecule has 5 nitrogen and oxygen atoms in total. The lowest BCUT2D eigenvalue weighted by Crippen LogP contribution is -2.32. The van der Waals surface area contributed by atoms with Gasteiger partial charge in [0.05, 0.1) is 24.2 Å². The van der Waals surface area contributed by atoms with Crippen molar-refractivity contribution in [3.8, 4) is 0 Å². The van der Waals surface area contributed by atoms with E-state index in [0.29, 0.717) is 28.9 Å². The largest absolute Gasteiger partial charge is 0.507 e. The zero-order valence-corrected chi connectivity index (χ0v) is 15.3. The van der Waals surface area contributed by atoms with Gasteiger partial charge in [0.1, 0.15) is 11.6 Å². The molecule has 0 saturated carbocycles. The predicted molar refractivity (Wildman–Crippen MR) is 102 cm³/mol. The molecular weight excluding hydrogens is 347 g/mol. The van der Waals surface area contributed by atoms with Crippen molar-refractivity contribution in [3.05, 3.63) is 70.5 Å². The summed E-state index contributed by atoms with van der Waals surface area (Å²) in [6, 6.07) is 11.7. The van der Waals surface area contributed by atoms with Gasteiger partial charge in [0.2, 0.25) is 5.91 Å². The van der Waals surface area contributed by atoms with E-state index in [-0.39, 0.29) is 36.0 Å². The van der Waals surface area contributed by atoms with E-state index < -0.39 is 5.91 Å². The van der Waals surface area contributed by atoms with E-state index in [0.717, 1.165) is 0 Å². The monoisotopic (exact) mass is 368 g/mol. The molecule has 2 aromatic rings. The molecule has 27 heavy (non-hydrogen) atoms. The van der Waals surface area contributed by atoms with E-state index in [1.807, 2.05) is 0 Å². The first-order valence-corrected chi connectivity index (χ1v) is 8.77. The number of benzene rings is 2. The minimum absolute atomic E-state index is 0.0342.